The molecule has 6 heteroatoms. The van der Waals surface area contributed by atoms with Gasteiger partial charge in [0, 0.05) is 25.0 Å². The summed E-state index contributed by atoms with van der Waals surface area (Å²) in [7, 11) is -3.49. The zero-order chi connectivity index (χ0) is 21.0. The van der Waals surface area contributed by atoms with E-state index in [4.69, 9.17) is 0 Å². The van der Waals surface area contributed by atoms with E-state index in [0.29, 0.717) is 48.7 Å². The smallest absolute Gasteiger partial charge is 0.243 e. The number of carbonyl (C=O) groups excluding carboxylic acids is 1. The highest BCUT2D eigenvalue weighted by atomic mass is 32.2. The van der Waals surface area contributed by atoms with Gasteiger partial charge in [0.15, 0.2) is 0 Å². The van der Waals surface area contributed by atoms with Crippen LogP contribution in [0.1, 0.15) is 56.1 Å². The van der Waals surface area contributed by atoms with Crippen LogP contribution in [-0.2, 0) is 14.8 Å². The van der Waals surface area contributed by atoms with Gasteiger partial charge in [-0.15, -0.1) is 0 Å². The first-order chi connectivity index (χ1) is 14.3. The van der Waals surface area contributed by atoms with E-state index >= 15 is 0 Å². The van der Waals surface area contributed by atoms with Crippen LogP contribution in [0, 0.1) is 43.4 Å². The molecule has 0 atom stereocenters. The number of nitrogens with one attached hydrogen (secondary N) is 1. The molecule has 5 fully saturated rings. The standard InChI is InChI=1S/C24H34N2O3S/c1-15-3-4-22(9-16(15)2)30(28,29)26-7-5-19(6-8-26)24(27)25-23-20-11-17-10-18(13-20)14-21(23)12-17/h3-4,9,17-21,23H,5-8,10-14H2,1-2H3,(H,25,27). The van der Waals surface area contributed by atoms with Crippen LogP contribution in [0.4, 0.5) is 0 Å². The van der Waals surface area contributed by atoms with Crippen LogP contribution in [0.3, 0.4) is 0 Å². The molecule has 1 N–H and O–H groups in total. The second-order valence-corrected chi connectivity index (χ2v) is 12.3. The molecule has 164 valence electrons. The lowest BCUT2D eigenvalue weighted by molar-refractivity contribution is -0.130. The molecular formula is C24H34N2O3S. The summed E-state index contributed by atoms with van der Waals surface area (Å²) in [6.45, 7) is 4.78. The summed E-state index contributed by atoms with van der Waals surface area (Å²) in [5.41, 5.74) is 2.08. The van der Waals surface area contributed by atoms with Gasteiger partial charge in [0.1, 0.15) is 0 Å². The van der Waals surface area contributed by atoms with E-state index in [0.717, 1.165) is 23.0 Å². The van der Waals surface area contributed by atoms with Crippen LogP contribution in [-0.4, -0.2) is 37.8 Å². The van der Waals surface area contributed by atoms with Crippen molar-refractivity contribution >= 4 is 15.9 Å². The molecule has 1 aliphatic heterocycles. The maximum atomic E-state index is 13.0. The van der Waals surface area contributed by atoms with Crippen molar-refractivity contribution in [3.63, 3.8) is 0 Å². The Morgan fingerprint density at radius 1 is 0.933 bits per heavy atom. The molecule has 5 aliphatic rings. The fraction of sp³-hybridized carbons (Fsp3) is 0.708. The van der Waals surface area contributed by atoms with E-state index in [1.807, 2.05) is 19.9 Å². The zero-order valence-electron chi connectivity index (χ0n) is 18.1. The molecule has 0 aromatic heterocycles. The Bertz CT molecular complexity index is 906. The number of amides is 1. The lowest BCUT2D eigenvalue weighted by atomic mass is 9.54. The highest BCUT2D eigenvalue weighted by Crippen LogP contribution is 2.53. The molecule has 1 saturated heterocycles. The third-order valence-electron chi connectivity index (χ3n) is 8.48. The van der Waals surface area contributed by atoms with Gasteiger partial charge in [0.05, 0.1) is 4.90 Å². The quantitative estimate of drug-likeness (QED) is 0.793. The van der Waals surface area contributed by atoms with Crippen molar-refractivity contribution in [2.24, 2.45) is 29.6 Å². The molecule has 30 heavy (non-hydrogen) atoms. The number of piperidine rings is 1. The first kappa shape index (κ1) is 20.5. The lowest BCUT2D eigenvalue weighted by Gasteiger charge is -2.54. The second-order valence-electron chi connectivity index (χ2n) is 10.4. The molecule has 1 amide bonds. The van der Waals surface area contributed by atoms with Gasteiger partial charge in [-0.25, -0.2) is 8.42 Å². The third kappa shape index (κ3) is 3.60. The van der Waals surface area contributed by atoms with Gasteiger partial charge < -0.3 is 5.32 Å². The van der Waals surface area contributed by atoms with Crippen molar-refractivity contribution in [3.05, 3.63) is 29.3 Å². The minimum absolute atomic E-state index is 0.0617. The largest absolute Gasteiger partial charge is 0.353 e. The minimum Gasteiger partial charge on any atom is -0.353 e. The average Bonchev–Trinajstić information content (AvgIpc) is 2.72. The predicted octanol–water partition coefficient (Wildman–Crippen LogP) is 3.65. The van der Waals surface area contributed by atoms with Crippen molar-refractivity contribution < 1.29 is 13.2 Å². The van der Waals surface area contributed by atoms with E-state index in [2.05, 4.69) is 5.32 Å². The second kappa shape index (κ2) is 7.63. The third-order valence-corrected chi connectivity index (χ3v) is 10.4. The highest BCUT2D eigenvalue weighted by Gasteiger charge is 2.49. The van der Waals surface area contributed by atoms with Gasteiger partial charge in [-0.05, 0) is 106 Å². The predicted molar refractivity (Wildman–Crippen MR) is 116 cm³/mol. The molecular weight excluding hydrogens is 396 g/mol. The molecule has 0 spiro atoms. The summed E-state index contributed by atoms with van der Waals surface area (Å²) in [6.07, 6.45) is 7.83. The first-order valence-electron chi connectivity index (χ1n) is 11.7. The van der Waals surface area contributed by atoms with Gasteiger partial charge in [-0.2, -0.15) is 4.31 Å². The van der Waals surface area contributed by atoms with E-state index in [1.165, 1.54) is 32.1 Å². The summed E-state index contributed by atoms with van der Waals surface area (Å²) in [5.74, 6) is 3.26. The van der Waals surface area contributed by atoms with Crippen molar-refractivity contribution in [1.82, 2.24) is 9.62 Å². The van der Waals surface area contributed by atoms with Gasteiger partial charge in [-0.3, -0.25) is 4.79 Å². The van der Waals surface area contributed by atoms with Crippen molar-refractivity contribution in [1.29, 1.82) is 0 Å². The topological polar surface area (TPSA) is 66.5 Å². The molecule has 0 unspecified atom stereocenters. The molecule has 4 aliphatic carbocycles. The van der Waals surface area contributed by atoms with Crippen LogP contribution in [0.5, 0.6) is 0 Å². The van der Waals surface area contributed by atoms with E-state index in [9.17, 15) is 13.2 Å². The Labute approximate surface area is 180 Å². The van der Waals surface area contributed by atoms with Crippen molar-refractivity contribution in [3.8, 4) is 0 Å². The molecule has 1 aromatic carbocycles. The normalized spacial score (nSPS) is 34.3. The fourth-order valence-corrected chi connectivity index (χ4v) is 8.38. The Balaban J connectivity index is 1.19. The van der Waals surface area contributed by atoms with Crippen molar-refractivity contribution in [2.75, 3.05) is 13.1 Å². The molecule has 0 radical (unpaired) electrons. The van der Waals surface area contributed by atoms with Gasteiger partial charge in [0.2, 0.25) is 15.9 Å². The number of hydrogen-bond acceptors (Lipinski definition) is 3. The van der Waals surface area contributed by atoms with Crippen LogP contribution in [0.2, 0.25) is 0 Å². The Kier molecular flexibility index (Phi) is 5.21. The van der Waals surface area contributed by atoms with E-state index < -0.39 is 10.0 Å². The SMILES string of the molecule is Cc1ccc(S(=O)(=O)N2CCC(C(=O)NC3C4CC5CC(C4)CC3C5)CC2)cc1C. The molecule has 1 heterocycles. The number of sulfonamides is 1. The number of nitrogens with zero attached hydrogens (tertiary/aromatic N) is 1. The highest BCUT2D eigenvalue weighted by molar-refractivity contribution is 7.89. The zero-order valence-corrected chi connectivity index (χ0v) is 19.0. The summed E-state index contributed by atoms with van der Waals surface area (Å²) in [6, 6.07) is 5.69. The molecule has 4 saturated carbocycles. The van der Waals surface area contributed by atoms with Gasteiger partial charge in [0.25, 0.3) is 0 Å². The first-order valence-corrected chi connectivity index (χ1v) is 13.1. The number of aryl methyl sites for hydroxylation is 2. The van der Waals surface area contributed by atoms with Crippen LogP contribution in [0.25, 0.3) is 0 Å². The number of rotatable bonds is 4. The minimum atomic E-state index is -3.49. The number of hydrogen-bond donors (Lipinski definition) is 1. The van der Waals surface area contributed by atoms with Crippen LogP contribution < -0.4 is 5.32 Å². The molecule has 4 bridgehead atoms. The Morgan fingerprint density at radius 2 is 1.53 bits per heavy atom. The van der Waals surface area contributed by atoms with Crippen LogP contribution >= 0.6 is 0 Å². The lowest BCUT2D eigenvalue weighted by Crippen LogP contribution is -2.57. The maximum absolute atomic E-state index is 13.0. The molecule has 1 aromatic rings. The van der Waals surface area contributed by atoms with E-state index in [1.54, 1.807) is 16.4 Å². The summed E-state index contributed by atoms with van der Waals surface area (Å²) in [5, 5.41) is 3.42. The Morgan fingerprint density at radius 3 is 2.10 bits per heavy atom. The summed E-state index contributed by atoms with van der Waals surface area (Å²) < 4.78 is 27.6. The van der Waals surface area contributed by atoms with E-state index in [-0.39, 0.29) is 11.8 Å². The molecule has 6 rings (SSSR count). The van der Waals surface area contributed by atoms with Crippen LogP contribution in [0.15, 0.2) is 23.1 Å². The summed E-state index contributed by atoms with van der Waals surface area (Å²) in [4.78, 5) is 13.4. The van der Waals surface area contributed by atoms with Crippen molar-refractivity contribution in [2.45, 2.75) is 69.7 Å². The maximum Gasteiger partial charge on any atom is 0.243 e. The Hall–Kier alpha value is -1.40. The molecule has 5 nitrogen and oxygen atoms in total. The average molecular weight is 431 g/mol. The fourth-order valence-electron chi connectivity index (χ4n) is 6.82. The number of carbonyl (C=O) groups is 1. The van der Waals surface area contributed by atoms with Gasteiger partial charge >= 0.3 is 0 Å². The van der Waals surface area contributed by atoms with Gasteiger partial charge in [-0.1, -0.05) is 6.07 Å². The number of benzene rings is 1. The monoisotopic (exact) mass is 430 g/mol. The summed E-state index contributed by atoms with van der Waals surface area (Å²) >= 11 is 0.